The fourth-order valence-electron chi connectivity index (χ4n) is 2.20. The molecule has 1 aromatic carbocycles. The molecule has 0 unspecified atom stereocenters. The molecule has 1 aliphatic rings. The van der Waals surface area contributed by atoms with E-state index in [1.165, 1.54) is 19.3 Å². The maximum Gasteiger partial charge on any atom is 0.387 e. The molecule has 1 aromatic rings. The van der Waals surface area contributed by atoms with Gasteiger partial charge in [-0.3, -0.25) is 4.90 Å². The summed E-state index contributed by atoms with van der Waals surface area (Å²) in [6.07, 6.45) is 3.76. The Morgan fingerprint density at radius 1 is 1.18 bits per heavy atom. The van der Waals surface area contributed by atoms with Crippen molar-refractivity contribution in [1.82, 2.24) is 4.90 Å². The number of piperidine rings is 1. The van der Waals surface area contributed by atoms with Gasteiger partial charge in [0.05, 0.1) is 0 Å². The monoisotopic (exact) mass is 241 g/mol. The van der Waals surface area contributed by atoms with Crippen LogP contribution in [0.3, 0.4) is 0 Å². The molecule has 17 heavy (non-hydrogen) atoms. The molecule has 0 saturated carbocycles. The van der Waals surface area contributed by atoms with Crippen LogP contribution in [-0.2, 0) is 6.54 Å². The fraction of sp³-hybridized carbons (Fsp3) is 0.538. The van der Waals surface area contributed by atoms with E-state index in [0.717, 1.165) is 25.2 Å². The van der Waals surface area contributed by atoms with E-state index in [1.54, 1.807) is 18.2 Å². The van der Waals surface area contributed by atoms with E-state index in [-0.39, 0.29) is 5.75 Å². The predicted octanol–water partition coefficient (Wildman–Crippen LogP) is 3.27. The zero-order chi connectivity index (χ0) is 12.1. The first kappa shape index (κ1) is 12.3. The Kier molecular flexibility index (Phi) is 4.31. The third kappa shape index (κ3) is 3.97. The van der Waals surface area contributed by atoms with Gasteiger partial charge in [-0.25, -0.2) is 0 Å². The Hall–Kier alpha value is -1.16. The number of hydrogen-bond donors (Lipinski definition) is 0. The first-order chi connectivity index (χ1) is 8.24. The third-order valence-corrected chi connectivity index (χ3v) is 2.98. The van der Waals surface area contributed by atoms with Gasteiger partial charge in [0.1, 0.15) is 5.75 Å². The van der Waals surface area contributed by atoms with Crippen molar-refractivity contribution in [2.75, 3.05) is 13.1 Å². The smallest absolute Gasteiger partial charge is 0.387 e. The van der Waals surface area contributed by atoms with Crippen molar-refractivity contribution < 1.29 is 13.5 Å². The van der Waals surface area contributed by atoms with Crippen LogP contribution >= 0.6 is 0 Å². The molecule has 0 amide bonds. The van der Waals surface area contributed by atoms with Crippen LogP contribution < -0.4 is 4.74 Å². The first-order valence-corrected chi connectivity index (χ1v) is 6.00. The molecule has 0 aromatic heterocycles. The Bertz CT molecular complexity index is 351. The Morgan fingerprint density at radius 2 is 1.94 bits per heavy atom. The van der Waals surface area contributed by atoms with Gasteiger partial charge in [-0.2, -0.15) is 8.78 Å². The quantitative estimate of drug-likeness (QED) is 0.802. The third-order valence-electron chi connectivity index (χ3n) is 2.98. The molecule has 2 rings (SSSR count). The molecule has 0 atom stereocenters. The highest BCUT2D eigenvalue weighted by molar-refractivity contribution is 5.28. The summed E-state index contributed by atoms with van der Waals surface area (Å²) in [5, 5.41) is 0. The van der Waals surface area contributed by atoms with E-state index >= 15 is 0 Å². The number of nitrogens with zero attached hydrogens (tertiary/aromatic N) is 1. The van der Waals surface area contributed by atoms with Gasteiger partial charge >= 0.3 is 6.61 Å². The van der Waals surface area contributed by atoms with E-state index in [2.05, 4.69) is 9.64 Å². The summed E-state index contributed by atoms with van der Waals surface area (Å²) in [5.41, 5.74) is 1.03. The van der Waals surface area contributed by atoms with Crippen LogP contribution in [-0.4, -0.2) is 24.6 Å². The second-order valence-corrected chi connectivity index (χ2v) is 4.36. The molecule has 0 radical (unpaired) electrons. The molecule has 0 bridgehead atoms. The van der Waals surface area contributed by atoms with Crippen molar-refractivity contribution in [3.05, 3.63) is 29.8 Å². The number of likely N-dealkylation sites (tertiary alicyclic amines) is 1. The summed E-state index contributed by atoms with van der Waals surface area (Å²) in [6, 6.07) is 6.97. The fourth-order valence-corrected chi connectivity index (χ4v) is 2.20. The maximum atomic E-state index is 12.1. The number of hydrogen-bond acceptors (Lipinski definition) is 2. The maximum absolute atomic E-state index is 12.1. The molecular weight excluding hydrogens is 224 g/mol. The van der Waals surface area contributed by atoms with Crippen LogP contribution in [0.1, 0.15) is 24.8 Å². The highest BCUT2D eigenvalue weighted by Crippen LogP contribution is 2.18. The van der Waals surface area contributed by atoms with Crippen molar-refractivity contribution in [1.29, 1.82) is 0 Å². The molecule has 94 valence electrons. The second-order valence-electron chi connectivity index (χ2n) is 4.36. The van der Waals surface area contributed by atoms with Crippen LogP contribution in [0.4, 0.5) is 8.78 Å². The average Bonchev–Trinajstić information content (AvgIpc) is 2.30. The van der Waals surface area contributed by atoms with E-state index in [0.29, 0.717) is 0 Å². The zero-order valence-electron chi connectivity index (χ0n) is 9.74. The molecule has 0 aliphatic carbocycles. The lowest BCUT2D eigenvalue weighted by molar-refractivity contribution is -0.0499. The summed E-state index contributed by atoms with van der Waals surface area (Å²) in [7, 11) is 0. The highest BCUT2D eigenvalue weighted by Gasteiger charge is 2.11. The summed E-state index contributed by atoms with van der Waals surface area (Å²) in [5.74, 6) is 0.245. The highest BCUT2D eigenvalue weighted by atomic mass is 19.3. The number of ether oxygens (including phenoxy) is 1. The van der Waals surface area contributed by atoms with Gasteiger partial charge in [0.2, 0.25) is 0 Å². The minimum absolute atomic E-state index is 0.245. The van der Waals surface area contributed by atoms with Gasteiger partial charge in [0, 0.05) is 6.54 Å². The van der Waals surface area contributed by atoms with Crippen LogP contribution in [0.25, 0.3) is 0 Å². The summed E-state index contributed by atoms with van der Waals surface area (Å²) < 4.78 is 28.5. The van der Waals surface area contributed by atoms with Crippen LogP contribution in [0.15, 0.2) is 24.3 Å². The van der Waals surface area contributed by atoms with E-state index in [4.69, 9.17) is 0 Å². The van der Waals surface area contributed by atoms with Gasteiger partial charge in [-0.15, -0.1) is 0 Å². The van der Waals surface area contributed by atoms with E-state index < -0.39 is 6.61 Å². The standard InChI is InChI=1S/C13H17F2NO/c14-13(15)17-12-6-4-5-11(9-12)10-16-7-2-1-3-8-16/h4-6,9,13H,1-3,7-8,10H2. The van der Waals surface area contributed by atoms with Gasteiger partial charge in [-0.05, 0) is 43.6 Å². The number of rotatable bonds is 4. The van der Waals surface area contributed by atoms with E-state index in [1.807, 2.05) is 6.07 Å². The van der Waals surface area contributed by atoms with Crippen molar-refractivity contribution in [2.24, 2.45) is 0 Å². The lowest BCUT2D eigenvalue weighted by atomic mass is 10.1. The molecule has 0 N–H and O–H groups in total. The molecule has 2 nitrogen and oxygen atoms in total. The number of alkyl halides is 2. The van der Waals surface area contributed by atoms with Crippen LogP contribution in [0.5, 0.6) is 5.75 Å². The zero-order valence-corrected chi connectivity index (χ0v) is 9.74. The first-order valence-electron chi connectivity index (χ1n) is 6.00. The molecular formula is C13H17F2NO. The minimum Gasteiger partial charge on any atom is -0.435 e. The largest absolute Gasteiger partial charge is 0.435 e. The predicted molar refractivity (Wildman–Crippen MR) is 62.2 cm³/mol. The average molecular weight is 241 g/mol. The summed E-state index contributed by atoms with van der Waals surface area (Å²) in [4.78, 5) is 2.35. The number of halogens is 2. The molecule has 4 heteroatoms. The van der Waals surface area contributed by atoms with Gasteiger partial charge in [0.15, 0.2) is 0 Å². The van der Waals surface area contributed by atoms with E-state index in [9.17, 15) is 8.78 Å². The summed E-state index contributed by atoms with van der Waals surface area (Å²) in [6.45, 7) is 0.264. The van der Waals surface area contributed by atoms with Gasteiger partial charge < -0.3 is 4.74 Å². The Balaban J connectivity index is 1.95. The summed E-state index contributed by atoms with van der Waals surface area (Å²) >= 11 is 0. The van der Waals surface area contributed by atoms with Crippen molar-refractivity contribution >= 4 is 0 Å². The normalized spacial score (nSPS) is 17.4. The topological polar surface area (TPSA) is 12.5 Å². The second kappa shape index (κ2) is 5.96. The SMILES string of the molecule is FC(F)Oc1cccc(CN2CCCCC2)c1. The Labute approximate surface area is 100 Å². The molecule has 1 saturated heterocycles. The molecule has 1 heterocycles. The lowest BCUT2D eigenvalue weighted by Crippen LogP contribution is -2.29. The Morgan fingerprint density at radius 3 is 2.65 bits per heavy atom. The minimum atomic E-state index is -2.75. The molecule has 0 spiro atoms. The molecule has 1 fully saturated rings. The van der Waals surface area contributed by atoms with Gasteiger partial charge in [0.25, 0.3) is 0 Å². The number of benzene rings is 1. The van der Waals surface area contributed by atoms with Crippen molar-refractivity contribution in [3.8, 4) is 5.75 Å². The van der Waals surface area contributed by atoms with Crippen molar-refractivity contribution in [3.63, 3.8) is 0 Å². The molecule has 1 aliphatic heterocycles. The lowest BCUT2D eigenvalue weighted by Gasteiger charge is -2.26. The van der Waals surface area contributed by atoms with Crippen LogP contribution in [0, 0.1) is 0 Å². The van der Waals surface area contributed by atoms with Crippen LogP contribution in [0.2, 0.25) is 0 Å². The van der Waals surface area contributed by atoms with Crippen molar-refractivity contribution in [2.45, 2.75) is 32.4 Å². The van der Waals surface area contributed by atoms with Gasteiger partial charge in [-0.1, -0.05) is 18.6 Å².